The topological polar surface area (TPSA) is 23.6 Å². The van der Waals surface area contributed by atoms with Gasteiger partial charge in [0.15, 0.2) is 0 Å². The van der Waals surface area contributed by atoms with Crippen molar-refractivity contribution in [3.8, 4) is 0 Å². The number of benzene rings is 1. The Hall–Kier alpha value is -1.35. The standard InChI is InChI=1S/C16H22N2O/c1-17(2)14-8-11-18(12-14)15(19)16(9-10-16)13-6-4-3-5-7-13/h3-7,14H,8-12H2,1-2H3. The molecule has 1 aliphatic heterocycles. The largest absolute Gasteiger partial charge is 0.340 e. The molecule has 0 radical (unpaired) electrons. The van der Waals surface area contributed by atoms with Crippen LogP contribution in [0.5, 0.6) is 0 Å². The summed E-state index contributed by atoms with van der Waals surface area (Å²) in [5, 5.41) is 0. The summed E-state index contributed by atoms with van der Waals surface area (Å²) >= 11 is 0. The quantitative estimate of drug-likeness (QED) is 0.826. The van der Waals surface area contributed by atoms with E-state index in [1.807, 2.05) is 18.2 Å². The summed E-state index contributed by atoms with van der Waals surface area (Å²) in [6.07, 6.45) is 3.13. The smallest absolute Gasteiger partial charge is 0.233 e. The van der Waals surface area contributed by atoms with Crippen molar-refractivity contribution in [3.63, 3.8) is 0 Å². The van der Waals surface area contributed by atoms with Gasteiger partial charge in [0, 0.05) is 19.1 Å². The van der Waals surface area contributed by atoms with Gasteiger partial charge in [0.25, 0.3) is 0 Å². The van der Waals surface area contributed by atoms with Crippen molar-refractivity contribution in [1.29, 1.82) is 0 Å². The van der Waals surface area contributed by atoms with E-state index in [9.17, 15) is 4.79 Å². The molecule has 3 nitrogen and oxygen atoms in total. The number of hydrogen-bond donors (Lipinski definition) is 0. The molecule has 0 N–H and O–H groups in total. The highest BCUT2D eigenvalue weighted by atomic mass is 16.2. The third-order valence-corrected chi connectivity index (χ3v) is 4.67. The molecule has 1 aliphatic carbocycles. The molecule has 1 saturated carbocycles. The molecular weight excluding hydrogens is 236 g/mol. The van der Waals surface area contributed by atoms with Crippen LogP contribution in [0.3, 0.4) is 0 Å². The van der Waals surface area contributed by atoms with Crippen LogP contribution >= 0.6 is 0 Å². The van der Waals surface area contributed by atoms with Crippen LogP contribution in [-0.2, 0) is 10.2 Å². The first-order valence-electron chi connectivity index (χ1n) is 7.15. The molecule has 1 unspecified atom stereocenters. The van der Waals surface area contributed by atoms with E-state index in [1.54, 1.807) is 0 Å². The van der Waals surface area contributed by atoms with E-state index in [-0.39, 0.29) is 5.41 Å². The van der Waals surface area contributed by atoms with E-state index in [1.165, 1.54) is 5.56 Å². The Bertz CT molecular complexity index is 465. The van der Waals surface area contributed by atoms with Crippen molar-refractivity contribution >= 4 is 5.91 Å². The summed E-state index contributed by atoms with van der Waals surface area (Å²) < 4.78 is 0. The van der Waals surface area contributed by atoms with Crippen LogP contribution < -0.4 is 0 Å². The minimum atomic E-state index is -0.192. The maximum Gasteiger partial charge on any atom is 0.233 e. The van der Waals surface area contributed by atoms with Crippen molar-refractivity contribution in [2.45, 2.75) is 30.7 Å². The lowest BCUT2D eigenvalue weighted by Gasteiger charge is -2.25. The van der Waals surface area contributed by atoms with Crippen LogP contribution in [-0.4, -0.2) is 48.9 Å². The van der Waals surface area contributed by atoms with Crippen LogP contribution in [0.4, 0.5) is 0 Å². The zero-order valence-corrected chi connectivity index (χ0v) is 11.8. The number of likely N-dealkylation sites (tertiary alicyclic amines) is 1. The Morgan fingerprint density at radius 2 is 1.95 bits per heavy atom. The predicted octanol–water partition coefficient (Wildman–Crippen LogP) is 1.88. The molecule has 1 heterocycles. The molecule has 1 amide bonds. The maximum atomic E-state index is 12.8. The van der Waals surface area contributed by atoms with Gasteiger partial charge < -0.3 is 9.80 Å². The molecule has 1 aromatic rings. The fourth-order valence-electron chi connectivity index (χ4n) is 3.16. The summed E-state index contributed by atoms with van der Waals surface area (Å²) in [4.78, 5) is 17.1. The van der Waals surface area contributed by atoms with Gasteiger partial charge in [-0.1, -0.05) is 30.3 Å². The summed E-state index contributed by atoms with van der Waals surface area (Å²) in [5.74, 6) is 0.350. The van der Waals surface area contributed by atoms with Crippen LogP contribution in [0.15, 0.2) is 30.3 Å². The lowest BCUT2D eigenvalue weighted by molar-refractivity contribution is -0.133. The van der Waals surface area contributed by atoms with E-state index in [0.717, 1.165) is 32.4 Å². The SMILES string of the molecule is CN(C)C1CCN(C(=O)C2(c3ccccc3)CC2)C1. The van der Waals surface area contributed by atoms with Crippen molar-refractivity contribution in [3.05, 3.63) is 35.9 Å². The van der Waals surface area contributed by atoms with Gasteiger partial charge in [-0.05, 0) is 38.9 Å². The number of carbonyl (C=O) groups is 1. The van der Waals surface area contributed by atoms with Gasteiger partial charge in [0.2, 0.25) is 5.91 Å². The molecule has 3 heteroatoms. The Balaban J connectivity index is 1.75. The normalized spacial score (nSPS) is 24.8. The third-order valence-electron chi connectivity index (χ3n) is 4.67. The summed E-state index contributed by atoms with van der Waals surface area (Å²) in [6, 6.07) is 10.8. The van der Waals surface area contributed by atoms with Crippen molar-refractivity contribution in [2.24, 2.45) is 0 Å². The van der Waals surface area contributed by atoms with Crippen LogP contribution in [0.2, 0.25) is 0 Å². The molecule has 1 saturated heterocycles. The van der Waals surface area contributed by atoms with Gasteiger partial charge in [-0.2, -0.15) is 0 Å². The third kappa shape index (κ3) is 2.16. The monoisotopic (exact) mass is 258 g/mol. The Morgan fingerprint density at radius 3 is 2.47 bits per heavy atom. The van der Waals surface area contributed by atoms with Crippen LogP contribution in [0, 0.1) is 0 Å². The molecule has 2 aliphatic rings. The number of rotatable bonds is 3. The highest BCUT2D eigenvalue weighted by Crippen LogP contribution is 2.49. The molecule has 3 rings (SSSR count). The van der Waals surface area contributed by atoms with Gasteiger partial charge in [-0.15, -0.1) is 0 Å². The lowest BCUT2D eigenvalue weighted by atomic mass is 9.94. The van der Waals surface area contributed by atoms with E-state index in [0.29, 0.717) is 11.9 Å². The van der Waals surface area contributed by atoms with E-state index >= 15 is 0 Å². The highest BCUT2D eigenvalue weighted by molar-refractivity contribution is 5.91. The molecule has 1 atom stereocenters. The summed E-state index contributed by atoms with van der Waals surface area (Å²) in [5.41, 5.74) is 1.01. The average Bonchev–Trinajstić information content (AvgIpc) is 3.09. The molecule has 0 bridgehead atoms. The van der Waals surface area contributed by atoms with Gasteiger partial charge in [-0.3, -0.25) is 4.79 Å². The molecule has 0 spiro atoms. The second-order valence-electron chi connectivity index (χ2n) is 6.11. The van der Waals surface area contributed by atoms with Crippen molar-refractivity contribution < 1.29 is 4.79 Å². The van der Waals surface area contributed by atoms with Gasteiger partial charge >= 0.3 is 0 Å². The minimum Gasteiger partial charge on any atom is -0.340 e. The maximum absolute atomic E-state index is 12.8. The van der Waals surface area contributed by atoms with Crippen molar-refractivity contribution in [2.75, 3.05) is 27.2 Å². The second kappa shape index (κ2) is 4.64. The second-order valence-corrected chi connectivity index (χ2v) is 6.11. The molecule has 2 fully saturated rings. The summed E-state index contributed by atoms with van der Waals surface area (Å²) in [6.45, 7) is 1.80. The lowest BCUT2D eigenvalue weighted by Crippen LogP contribution is -2.40. The van der Waals surface area contributed by atoms with Crippen LogP contribution in [0.25, 0.3) is 0 Å². The minimum absolute atomic E-state index is 0.192. The molecule has 102 valence electrons. The van der Waals surface area contributed by atoms with Gasteiger partial charge in [0.1, 0.15) is 0 Å². The molecular formula is C16H22N2O. The van der Waals surface area contributed by atoms with Crippen LogP contribution in [0.1, 0.15) is 24.8 Å². The van der Waals surface area contributed by atoms with E-state index < -0.39 is 0 Å². The number of amides is 1. The Morgan fingerprint density at radius 1 is 1.26 bits per heavy atom. The highest BCUT2D eigenvalue weighted by Gasteiger charge is 2.53. The first-order valence-corrected chi connectivity index (χ1v) is 7.15. The van der Waals surface area contributed by atoms with Gasteiger partial charge in [0.05, 0.1) is 5.41 Å². The zero-order valence-electron chi connectivity index (χ0n) is 11.8. The molecule has 19 heavy (non-hydrogen) atoms. The van der Waals surface area contributed by atoms with E-state index in [4.69, 9.17) is 0 Å². The Labute approximate surface area is 115 Å². The molecule has 0 aromatic heterocycles. The Kier molecular flexibility index (Phi) is 3.09. The first-order chi connectivity index (χ1) is 9.13. The zero-order chi connectivity index (χ0) is 13.5. The first kappa shape index (κ1) is 12.7. The predicted molar refractivity (Wildman–Crippen MR) is 76.0 cm³/mol. The van der Waals surface area contributed by atoms with E-state index in [2.05, 4.69) is 36.0 Å². The van der Waals surface area contributed by atoms with Crippen molar-refractivity contribution in [1.82, 2.24) is 9.80 Å². The molecule has 1 aromatic carbocycles. The number of hydrogen-bond acceptors (Lipinski definition) is 2. The fourth-order valence-corrected chi connectivity index (χ4v) is 3.16. The summed E-state index contributed by atoms with van der Waals surface area (Å²) in [7, 11) is 4.20. The fraction of sp³-hybridized carbons (Fsp3) is 0.562. The average molecular weight is 258 g/mol. The van der Waals surface area contributed by atoms with Gasteiger partial charge in [-0.25, -0.2) is 0 Å². The number of nitrogens with zero attached hydrogens (tertiary/aromatic N) is 2. The number of likely N-dealkylation sites (N-methyl/N-ethyl adjacent to an activating group) is 1. The number of carbonyl (C=O) groups excluding carboxylic acids is 1.